The van der Waals surface area contributed by atoms with E-state index in [-0.39, 0.29) is 6.10 Å². The molecule has 1 aliphatic heterocycles. The number of aromatic nitrogens is 1. The lowest BCUT2D eigenvalue weighted by Crippen LogP contribution is -2.37. The van der Waals surface area contributed by atoms with Crippen LogP contribution in [0.25, 0.3) is 0 Å². The van der Waals surface area contributed by atoms with Gasteiger partial charge in [-0.1, -0.05) is 0 Å². The van der Waals surface area contributed by atoms with Crippen molar-refractivity contribution in [2.75, 3.05) is 13.2 Å². The summed E-state index contributed by atoms with van der Waals surface area (Å²) < 4.78 is 5.49. The maximum Gasteiger partial charge on any atom is 0.189 e. The highest BCUT2D eigenvalue weighted by molar-refractivity contribution is 7.09. The molecule has 94 valence electrons. The van der Waals surface area contributed by atoms with Crippen LogP contribution in [0.3, 0.4) is 0 Å². The molecule has 1 saturated heterocycles. The van der Waals surface area contributed by atoms with Gasteiger partial charge in [0.2, 0.25) is 0 Å². The van der Waals surface area contributed by atoms with Crippen LogP contribution in [0.15, 0.2) is 10.4 Å². The Balaban J connectivity index is 1.73. The van der Waals surface area contributed by atoms with E-state index in [0.29, 0.717) is 12.5 Å². The van der Waals surface area contributed by atoms with E-state index < -0.39 is 0 Å². The highest BCUT2D eigenvalue weighted by atomic mass is 32.1. The fourth-order valence-electron chi connectivity index (χ4n) is 1.73. The number of thiazole rings is 1. The van der Waals surface area contributed by atoms with Crippen LogP contribution >= 0.6 is 11.3 Å². The third kappa shape index (κ3) is 3.98. The fourth-order valence-corrected chi connectivity index (χ4v) is 2.33. The van der Waals surface area contributed by atoms with E-state index in [2.05, 4.69) is 15.3 Å². The van der Waals surface area contributed by atoms with Crippen LogP contribution in [0, 0.1) is 6.92 Å². The molecule has 1 aromatic heterocycles. The van der Waals surface area contributed by atoms with Crippen LogP contribution < -0.4 is 11.1 Å². The average molecular weight is 254 g/mol. The molecule has 1 aliphatic rings. The van der Waals surface area contributed by atoms with Crippen LogP contribution in [0.4, 0.5) is 0 Å². The summed E-state index contributed by atoms with van der Waals surface area (Å²) >= 11 is 1.63. The molecule has 6 heteroatoms. The lowest BCUT2D eigenvalue weighted by atomic mass is 10.2. The minimum absolute atomic E-state index is 0.283. The number of guanidine groups is 1. The summed E-state index contributed by atoms with van der Waals surface area (Å²) in [5, 5.41) is 6.14. The van der Waals surface area contributed by atoms with Crippen molar-refractivity contribution in [1.29, 1.82) is 0 Å². The Morgan fingerprint density at radius 1 is 1.76 bits per heavy atom. The summed E-state index contributed by atoms with van der Waals surface area (Å²) in [7, 11) is 0. The summed E-state index contributed by atoms with van der Waals surface area (Å²) in [4.78, 5) is 8.56. The summed E-state index contributed by atoms with van der Waals surface area (Å²) in [5.41, 5.74) is 6.73. The van der Waals surface area contributed by atoms with Gasteiger partial charge in [-0.25, -0.2) is 9.98 Å². The molecule has 0 aromatic carbocycles. The molecule has 1 fully saturated rings. The Labute approximate surface area is 105 Å². The fraction of sp³-hybridized carbons (Fsp3) is 0.636. The monoisotopic (exact) mass is 254 g/mol. The molecular formula is C11H18N4OS. The summed E-state index contributed by atoms with van der Waals surface area (Å²) in [6.45, 7) is 4.12. The molecule has 0 bridgehead atoms. The number of nitrogens with one attached hydrogen (secondary N) is 1. The Kier molecular flexibility index (Phi) is 4.33. The highest BCUT2D eigenvalue weighted by Crippen LogP contribution is 2.10. The van der Waals surface area contributed by atoms with Crippen LogP contribution in [0.1, 0.15) is 23.5 Å². The van der Waals surface area contributed by atoms with Crippen LogP contribution in [0.5, 0.6) is 0 Å². The van der Waals surface area contributed by atoms with E-state index in [0.717, 1.165) is 36.7 Å². The molecule has 0 aliphatic carbocycles. The number of aryl methyl sites for hydroxylation is 1. The van der Waals surface area contributed by atoms with Gasteiger partial charge in [0.1, 0.15) is 0 Å². The maximum atomic E-state index is 5.77. The Bertz CT molecular complexity index is 385. The summed E-state index contributed by atoms with van der Waals surface area (Å²) in [6.07, 6.45) is 2.53. The topological polar surface area (TPSA) is 72.5 Å². The number of ether oxygens (including phenoxy) is 1. The summed E-state index contributed by atoms with van der Waals surface area (Å²) in [6, 6.07) is 0. The van der Waals surface area contributed by atoms with E-state index in [9.17, 15) is 0 Å². The molecular weight excluding hydrogens is 236 g/mol. The van der Waals surface area contributed by atoms with Crippen molar-refractivity contribution in [3.05, 3.63) is 16.1 Å². The number of nitrogens with zero attached hydrogens (tertiary/aromatic N) is 2. The molecule has 2 rings (SSSR count). The first-order valence-corrected chi connectivity index (χ1v) is 6.68. The lowest BCUT2D eigenvalue weighted by molar-refractivity contribution is 0.114. The van der Waals surface area contributed by atoms with E-state index in [1.165, 1.54) is 0 Å². The zero-order chi connectivity index (χ0) is 12.1. The van der Waals surface area contributed by atoms with Crippen molar-refractivity contribution >= 4 is 17.3 Å². The standard InChI is InChI=1S/C11H18N4OS/c1-8-15-9(7-17-8)5-13-11(12)14-6-10-3-2-4-16-10/h7,10H,2-6H2,1H3,(H3,12,13,14)/t10-/m0/s1. The minimum atomic E-state index is 0.283. The number of nitrogens with two attached hydrogens (primary N) is 1. The molecule has 0 spiro atoms. The molecule has 1 aromatic rings. The number of aliphatic imine (C=N–C) groups is 1. The van der Waals surface area contributed by atoms with Gasteiger partial charge in [-0.15, -0.1) is 11.3 Å². The van der Waals surface area contributed by atoms with Crippen molar-refractivity contribution in [2.24, 2.45) is 10.7 Å². The third-order valence-corrected chi connectivity index (χ3v) is 3.44. The van der Waals surface area contributed by atoms with Gasteiger partial charge < -0.3 is 15.8 Å². The van der Waals surface area contributed by atoms with Crippen molar-refractivity contribution in [1.82, 2.24) is 10.3 Å². The van der Waals surface area contributed by atoms with E-state index in [4.69, 9.17) is 10.5 Å². The Morgan fingerprint density at radius 2 is 2.65 bits per heavy atom. The van der Waals surface area contributed by atoms with Crippen molar-refractivity contribution in [3.63, 3.8) is 0 Å². The van der Waals surface area contributed by atoms with Crippen LogP contribution in [-0.4, -0.2) is 30.2 Å². The number of hydrogen-bond acceptors (Lipinski definition) is 4. The second kappa shape index (κ2) is 5.97. The largest absolute Gasteiger partial charge is 0.376 e. The smallest absolute Gasteiger partial charge is 0.189 e. The van der Waals surface area contributed by atoms with Gasteiger partial charge >= 0.3 is 0 Å². The molecule has 0 amide bonds. The van der Waals surface area contributed by atoms with Gasteiger partial charge in [0.05, 0.1) is 23.4 Å². The zero-order valence-electron chi connectivity index (χ0n) is 9.98. The maximum absolute atomic E-state index is 5.77. The SMILES string of the molecule is Cc1nc(CN=C(N)NC[C@@H]2CCCO2)cs1. The molecule has 1 atom stereocenters. The molecule has 17 heavy (non-hydrogen) atoms. The van der Waals surface area contributed by atoms with Gasteiger partial charge in [0.15, 0.2) is 5.96 Å². The van der Waals surface area contributed by atoms with Gasteiger partial charge in [0.25, 0.3) is 0 Å². The Morgan fingerprint density at radius 3 is 3.29 bits per heavy atom. The van der Waals surface area contributed by atoms with Crippen molar-refractivity contribution in [2.45, 2.75) is 32.4 Å². The number of hydrogen-bond donors (Lipinski definition) is 2. The highest BCUT2D eigenvalue weighted by Gasteiger charge is 2.14. The number of rotatable bonds is 4. The first-order chi connectivity index (χ1) is 8.24. The van der Waals surface area contributed by atoms with Crippen molar-refractivity contribution in [3.8, 4) is 0 Å². The third-order valence-electron chi connectivity index (χ3n) is 2.61. The first-order valence-electron chi connectivity index (χ1n) is 5.80. The average Bonchev–Trinajstić information content (AvgIpc) is 2.95. The van der Waals surface area contributed by atoms with Gasteiger partial charge in [0, 0.05) is 18.5 Å². The van der Waals surface area contributed by atoms with Crippen LogP contribution in [0.2, 0.25) is 0 Å². The quantitative estimate of drug-likeness (QED) is 0.622. The molecule has 5 nitrogen and oxygen atoms in total. The van der Waals surface area contributed by atoms with Gasteiger partial charge in [-0.05, 0) is 19.8 Å². The summed E-state index contributed by atoms with van der Waals surface area (Å²) in [5.74, 6) is 0.464. The predicted molar refractivity (Wildman–Crippen MR) is 69.2 cm³/mol. The lowest BCUT2D eigenvalue weighted by Gasteiger charge is -2.10. The molecule has 0 radical (unpaired) electrons. The Hall–Kier alpha value is -1.14. The van der Waals surface area contributed by atoms with Gasteiger partial charge in [-0.3, -0.25) is 0 Å². The minimum Gasteiger partial charge on any atom is -0.376 e. The van der Waals surface area contributed by atoms with E-state index >= 15 is 0 Å². The predicted octanol–water partition coefficient (Wildman–Crippen LogP) is 1.03. The second-order valence-electron chi connectivity index (χ2n) is 4.08. The molecule has 3 N–H and O–H groups in total. The van der Waals surface area contributed by atoms with E-state index in [1.54, 1.807) is 11.3 Å². The van der Waals surface area contributed by atoms with Crippen LogP contribution in [-0.2, 0) is 11.3 Å². The normalized spacial score (nSPS) is 20.8. The van der Waals surface area contributed by atoms with Gasteiger partial charge in [-0.2, -0.15) is 0 Å². The van der Waals surface area contributed by atoms with E-state index in [1.807, 2.05) is 12.3 Å². The molecule has 2 heterocycles. The molecule has 0 saturated carbocycles. The second-order valence-corrected chi connectivity index (χ2v) is 5.14. The zero-order valence-corrected chi connectivity index (χ0v) is 10.8. The first kappa shape index (κ1) is 12.3. The molecule has 0 unspecified atom stereocenters. The van der Waals surface area contributed by atoms with Crippen molar-refractivity contribution < 1.29 is 4.74 Å².